The van der Waals surface area contributed by atoms with Gasteiger partial charge in [-0.2, -0.15) is 26.3 Å². The van der Waals surface area contributed by atoms with Crippen LogP contribution in [-0.4, -0.2) is 34.7 Å². The van der Waals surface area contributed by atoms with Crippen LogP contribution in [0.3, 0.4) is 0 Å². The topological polar surface area (TPSA) is 80.4 Å². The number of alkyl halides is 6. The van der Waals surface area contributed by atoms with Crippen molar-refractivity contribution in [1.82, 2.24) is 10.3 Å². The molecule has 1 heterocycles. The van der Waals surface area contributed by atoms with E-state index in [0.717, 1.165) is 17.6 Å². The molecule has 0 atom stereocenters. The molecule has 150 valence electrons. The number of aromatic nitrogens is 1. The number of halogens is 6. The van der Waals surface area contributed by atoms with Crippen LogP contribution in [-0.2, 0) is 0 Å². The van der Waals surface area contributed by atoms with Gasteiger partial charge in [-0.05, 0) is 19.1 Å². The van der Waals surface area contributed by atoms with Crippen molar-refractivity contribution in [1.29, 1.82) is 0 Å². The molecule has 28 heavy (non-hydrogen) atoms. The number of benzene rings is 1. The average Bonchev–Trinajstić information content (AvgIpc) is 2.60. The van der Waals surface area contributed by atoms with Crippen molar-refractivity contribution in [2.24, 2.45) is 10.7 Å². The fourth-order valence-electron chi connectivity index (χ4n) is 2.16. The Morgan fingerprint density at radius 3 is 2.04 bits per heavy atom. The highest BCUT2D eigenvalue weighted by Crippen LogP contribution is 2.44. The number of hydrogen-bond donors (Lipinski definition) is 2. The number of carbonyl (C=O) groups excluding carboxylic acids is 1. The Morgan fingerprint density at radius 1 is 1.00 bits per heavy atom. The zero-order chi connectivity index (χ0) is 21.2. The molecule has 0 spiro atoms. The molecule has 1 aromatic heterocycles. The third-order valence-electron chi connectivity index (χ3n) is 3.67. The van der Waals surface area contributed by atoms with Crippen LogP contribution < -0.4 is 11.1 Å². The predicted octanol–water partition coefficient (Wildman–Crippen LogP) is 3.35. The monoisotopic (exact) mass is 404 g/mol. The van der Waals surface area contributed by atoms with Gasteiger partial charge < -0.3 is 11.1 Å². The predicted molar refractivity (Wildman–Crippen MR) is 88.4 cm³/mol. The summed E-state index contributed by atoms with van der Waals surface area (Å²) in [5.74, 6) is -2.70. The minimum absolute atomic E-state index is 0.167. The van der Waals surface area contributed by atoms with Gasteiger partial charge in [0.15, 0.2) is 0 Å². The smallest absolute Gasteiger partial charge is 0.383 e. The van der Waals surface area contributed by atoms with Crippen LogP contribution in [0.2, 0.25) is 0 Å². The van der Waals surface area contributed by atoms with Crippen LogP contribution in [0.4, 0.5) is 26.3 Å². The van der Waals surface area contributed by atoms with Gasteiger partial charge in [0.25, 0.3) is 5.91 Å². The van der Waals surface area contributed by atoms with Crippen LogP contribution in [0, 0.1) is 6.92 Å². The Bertz CT molecular complexity index is 846. The minimum Gasteiger partial charge on any atom is -0.383 e. The summed E-state index contributed by atoms with van der Waals surface area (Å²) >= 11 is 0. The second-order valence-corrected chi connectivity index (χ2v) is 5.76. The summed E-state index contributed by atoms with van der Waals surface area (Å²) in [5.41, 5.74) is 0.513. The largest absolute Gasteiger partial charge is 0.441 e. The highest BCUT2D eigenvalue weighted by molar-refractivity contribution is 5.99. The second-order valence-electron chi connectivity index (χ2n) is 5.76. The third-order valence-corrected chi connectivity index (χ3v) is 3.67. The summed E-state index contributed by atoms with van der Waals surface area (Å²) in [6.07, 6.45) is -10.0. The Kier molecular flexibility index (Phi) is 5.67. The SMILES string of the molecule is Cc1ccc(/C(N)=N/C(NC(=O)c2cccnc2)(C(F)(F)F)C(F)(F)F)cc1. The number of nitrogens with zero attached hydrogens (tertiary/aromatic N) is 2. The van der Waals surface area contributed by atoms with E-state index in [-0.39, 0.29) is 5.56 Å². The lowest BCUT2D eigenvalue weighted by atomic mass is 10.1. The van der Waals surface area contributed by atoms with Gasteiger partial charge in [0.1, 0.15) is 5.84 Å². The van der Waals surface area contributed by atoms with Gasteiger partial charge in [0, 0.05) is 18.0 Å². The number of pyridine rings is 1. The number of nitrogens with one attached hydrogen (secondary N) is 1. The minimum atomic E-state index is -6.03. The van der Waals surface area contributed by atoms with Gasteiger partial charge in [0.2, 0.25) is 0 Å². The van der Waals surface area contributed by atoms with Gasteiger partial charge >= 0.3 is 18.0 Å². The Labute approximate surface area is 155 Å². The van der Waals surface area contributed by atoms with E-state index in [1.54, 1.807) is 6.92 Å². The molecule has 0 aliphatic carbocycles. The number of aryl methyl sites for hydroxylation is 1. The van der Waals surface area contributed by atoms with Crippen molar-refractivity contribution in [2.45, 2.75) is 24.9 Å². The highest BCUT2D eigenvalue weighted by atomic mass is 19.4. The zero-order valence-electron chi connectivity index (χ0n) is 14.3. The van der Waals surface area contributed by atoms with E-state index >= 15 is 0 Å². The number of hydrogen-bond acceptors (Lipinski definition) is 3. The molecule has 0 bridgehead atoms. The van der Waals surface area contributed by atoms with Crippen molar-refractivity contribution in [3.63, 3.8) is 0 Å². The second kappa shape index (κ2) is 7.49. The lowest BCUT2D eigenvalue weighted by Gasteiger charge is -2.34. The molecule has 1 aromatic carbocycles. The van der Waals surface area contributed by atoms with Gasteiger partial charge in [-0.1, -0.05) is 29.8 Å². The molecule has 1 amide bonds. The molecule has 2 aromatic rings. The molecule has 0 aliphatic heterocycles. The molecule has 0 fully saturated rings. The molecule has 5 nitrogen and oxygen atoms in total. The summed E-state index contributed by atoms with van der Waals surface area (Å²) in [7, 11) is 0. The van der Waals surface area contributed by atoms with Gasteiger partial charge in [-0.3, -0.25) is 9.78 Å². The molecule has 0 unspecified atom stereocenters. The first-order valence-corrected chi connectivity index (χ1v) is 7.66. The van der Waals surface area contributed by atoms with Crippen molar-refractivity contribution in [3.8, 4) is 0 Å². The average molecular weight is 404 g/mol. The standard InChI is InChI=1S/C17H14F6N4O/c1-10-4-6-11(7-5-10)13(24)26-15(16(18,19)20,17(21,22)23)27-14(28)12-3-2-8-25-9-12/h2-9H,1H3,(H2,24,26)(H,27,28). The van der Waals surface area contributed by atoms with Crippen molar-refractivity contribution < 1.29 is 31.1 Å². The lowest BCUT2D eigenvalue weighted by Crippen LogP contribution is -2.67. The number of rotatable bonds is 4. The molecular weight excluding hydrogens is 390 g/mol. The van der Waals surface area contributed by atoms with Crippen molar-refractivity contribution in [3.05, 3.63) is 65.5 Å². The fraction of sp³-hybridized carbons (Fsp3) is 0.235. The summed E-state index contributed by atoms with van der Waals surface area (Å²) in [6.45, 7) is 1.67. The zero-order valence-corrected chi connectivity index (χ0v) is 14.3. The Hall–Kier alpha value is -3.11. The van der Waals surface area contributed by atoms with E-state index in [2.05, 4.69) is 9.98 Å². The Balaban J connectivity index is 2.59. The maximum atomic E-state index is 13.6. The maximum absolute atomic E-state index is 13.6. The molecule has 3 N–H and O–H groups in total. The number of amides is 1. The van der Waals surface area contributed by atoms with E-state index in [1.165, 1.54) is 36.5 Å². The van der Waals surface area contributed by atoms with Crippen molar-refractivity contribution in [2.75, 3.05) is 0 Å². The highest BCUT2D eigenvalue weighted by Gasteiger charge is 2.73. The summed E-state index contributed by atoms with van der Waals surface area (Å²) in [6, 6.07) is 7.50. The quantitative estimate of drug-likeness (QED) is 0.466. The Morgan fingerprint density at radius 2 is 1.57 bits per heavy atom. The number of amidine groups is 1. The molecule has 0 radical (unpaired) electrons. The summed E-state index contributed by atoms with van der Waals surface area (Å²) in [4.78, 5) is 18.3. The third kappa shape index (κ3) is 4.24. The first kappa shape index (κ1) is 21.2. The van der Waals surface area contributed by atoms with Crippen LogP contribution in [0.15, 0.2) is 53.8 Å². The van der Waals surface area contributed by atoms with E-state index in [4.69, 9.17) is 5.73 Å². The summed E-state index contributed by atoms with van der Waals surface area (Å²) < 4.78 is 81.4. The lowest BCUT2D eigenvalue weighted by molar-refractivity contribution is -0.301. The first-order chi connectivity index (χ1) is 12.9. The maximum Gasteiger partial charge on any atom is 0.441 e. The molecule has 0 aliphatic rings. The first-order valence-electron chi connectivity index (χ1n) is 7.66. The van der Waals surface area contributed by atoms with Gasteiger partial charge in [-0.15, -0.1) is 0 Å². The normalized spacial score (nSPS) is 13.3. The molecule has 11 heteroatoms. The van der Waals surface area contributed by atoms with Crippen LogP contribution >= 0.6 is 0 Å². The number of carbonyl (C=O) groups is 1. The van der Waals surface area contributed by atoms with E-state index in [1.807, 2.05) is 0 Å². The van der Waals surface area contributed by atoms with E-state index in [9.17, 15) is 31.1 Å². The molecular formula is C17H14F6N4O. The molecule has 0 saturated carbocycles. The van der Waals surface area contributed by atoms with Gasteiger partial charge in [0.05, 0.1) is 5.56 Å². The molecule has 0 saturated heterocycles. The van der Waals surface area contributed by atoms with Gasteiger partial charge in [-0.25, -0.2) is 4.99 Å². The molecule has 2 rings (SSSR count). The number of nitrogens with two attached hydrogens (primary N) is 1. The van der Waals surface area contributed by atoms with Crippen LogP contribution in [0.25, 0.3) is 0 Å². The number of aliphatic imine (C=N–C) groups is 1. The van der Waals surface area contributed by atoms with E-state index < -0.39 is 35.3 Å². The van der Waals surface area contributed by atoms with E-state index in [0.29, 0.717) is 5.56 Å². The summed E-state index contributed by atoms with van der Waals surface area (Å²) in [5, 5.41) is 0.942. The van der Waals surface area contributed by atoms with Crippen LogP contribution in [0.1, 0.15) is 21.5 Å². The van der Waals surface area contributed by atoms with Crippen molar-refractivity contribution >= 4 is 11.7 Å². The fourth-order valence-corrected chi connectivity index (χ4v) is 2.16. The van der Waals surface area contributed by atoms with Crippen LogP contribution in [0.5, 0.6) is 0 Å².